The van der Waals surface area contributed by atoms with Crippen LogP contribution in [0.25, 0.3) is 0 Å². The SMILES string of the molecule is CC(C)C(=O)N1CC(C(=O)NCc2ccccn2)C2(CCC2)C1. The Morgan fingerprint density at radius 1 is 1.39 bits per heavy atom. The largest absolute Gasteiger partial charge is 0.350 e. The van der Waals surface area contributed by atoms with Crippen LogP contribution in [-0.4, -0.2) is 34.8 Å². The van der Waals surface area contributed by atoms with Crippen molar-refractivity contribution < 1.29 is 9.59 Å². The van der Waals surface area contributed by atoms with Crippen molar-refractivity contribution in [1.29, 1.82) is 0 Å². The monoisotopic (exact) mass is 315 g/mol. The van der Waals surface area contributed by atoms with Crippen molar-refractivity contribution in [1.82, 2.24) is 15.2 Å². The summed E-state index contributed by atoms with van der Waals surface area (Å²) in [4.78, 5) is 31.1. The van der Waals surface area contributed by atoms with Crippen molar-refractivity contribution in [2.45, 2.75) is 39.7 Å². The Bertz CT molecular complexity index is 581. The quantitative estimate of drug-likeness (QED) is 0.924. The average molecular weight is 315 g/mol. The lowest BCUT2D eigenvalue weighted by molar-refractivity contribution is -0.134. The first kappa shape index (κ1) is 16.0. The molecular formula is C18H25N3O2. The maximum Gasteiger partial charge on any atom is 0.225 e. The molecule has 124 valence electrons. The fraction of sp³-hybridized carbons (Fsp3) is 0.611. The molecule has 1 atom stereocenters. The highest BCUT2D eigenvalue weighted by molar-refractivity contribution is 5.84. The highest BCUT2D eigenvalue weighted by Crippen LogP contribution is 2.51. The molecule has 5 heteroatoms. The van der Waals surface area contributed by atoms with Gasteiger partial charge in [-0.15, -0.1) is 0 Å². The Hall–Kier alpha value is -1.91. The van der Waals surface area contributed by atoms with E-state index in [1.807, 2.05) is 36.9 Å². The highest BCUT2D eigenvalue weighted by Gasteiger charge is 2.54. The minimum Gasteiger partial charge on any atom is -0.350 e. The van der Waals surface area contributed by atoms with Gasteiger partial charge in [0.1, 0.15) is 0 Å². The van der Waals surface area contributed by atoms with Crippen LogP contribution in [0.5, 0.6) is 0 Å². The summed E-state index contributed by atoms with van der Waals surface area (Å²) in [6, 6.07) is 5.68. The van der Waals surface area contributed by atoms with Gasteiger partial charge in [0, 0.05) is 30.6 Å². The molecule has 1 spiro atoms. The van der Waals surface area contributed by atoms with E-state index < -0.39 is 0 Å². The Balaban J connectivity index is 1.65. The van der Waals surface area contributed by atoms with Crippen molar-refractivity contribution in [3.8, 4) is 0 Å². The van der Waals surface area contributed by atoms with Crippen molar-refractivity contribution in [2.75, 3.05) is 13.1 Å². The van der Waals surface area contributed by atoms with Crippen molar-refractivity contribution in [2.24, 2.45) is 17.3 Å². The fourth-order valence-electron chi connectivity index (χ4n) is 3.80. The van der Waals surface area contributed by atoms with Gasteiger partial charge < -0.3 is 10.2 Å². The standard InChI is InChI=1S/C18H25N3O2/c1-13(2)17(23)21-11-15(18(12-21)7-5-8-18)16(22)20-10-14-6-3-4-9-19-14/h3-4,6,9,13,15H,5,7-8,10-12H2,1-2H3,(H,20,22). The normalized spacial score (nSPS) is 22.2. The molecule has 1 aromatic rings. The molecule has 3 rings (SSSR count). The maximum atomic E-state index is 12.7. The van der Waals surface area contributed by atoms with Gasteiger partial charge >= 0.3 is 0 Å². The van der Waals surface area contributed by atoms with Gasteiger partial charge in [0.15, 0.2) is 0 Å². The van der Waals surface area contributed by atoms with E-state index in [0.717, 1.165) is 31.5 Å². The van der Waals surface area contributed by atoms with Crippen LogP contribution in [0.3, 0.4) is 0 Å². The molecule has 1 unspecified atom stereocenters. The van der Waals surface area contributed by atoms with Gasteiger partial charge in [-0.2, -0.15) is 0 Å². The van der Waals surface area contributed by atoms with Crippen molar-refractivity contribution >= 4 is 11.8 Å². The predicted octanol–water partition coefficient (Wildman–Crippen LogP) is 1.98. The van der Waals surface area contributed by atoms with E-state index in [1.54, 1.807) is 6.20 Å². The van der Waals surface area contributed by atoms with Gasteiger partial charge in [-0.3, -0.25) is 14.6 Å². The number of carbonyl (C=O) groups is 2. The summed E-state index contributed by atoms with van der Waals surface area (Å²) in [5.74, 6) is 0.135. The van der Waals surface area contributed by atoms with Crippen molar-refractivity contribution in [3.05, 3.63) is 30.1 Å². The number of hydrogen-bond acceptors (Lipinski definition) is 3. The third-order valence-corrected chi connectivity index (χ3v) is 5.29. The highest BCUT2D eigenvalue weighted by atomic mass is 16.2. The zero-order chi connectivity index (χ0) is 16.4. The topological polar surface area (TPSA) is 62.3 Å². The summed E-state index contributed by atoms with van der Waals surface area (Å²) < 4.78 is 0. The van der Waals surface area contributed by atoms with Crippen LogP contribution in [0.1, 0.15) is 38.8 Å². The van der Waals surface area contributed by atoms with Gasteiger partial charge in [0.2, 0.25) is 11.8 Å². The van der Waals surface area contributed by atoms with Crippen LogP contribution in [0.4, 0.5) is 0 Å². The second-order valence-corrected chi connectivity index (χ2v) is 7.18. The summed E-state index contributed by atoms with van der Waals surface area (Å²) in [7, 11) is 0. The van der Waals surface area contributed by atoms with E-state index in [-0.39, 0.29) is 29.1 Å². The average Bonchev–Trinajstić information content (AvgIpc) is 2.94. The number of nitrogens with zero attached hydrogens (tertiary/aromatic N) is 2. The lowest BCUT2D eigenvalue weighted by atomic mass is 9.62. The number of carbonyl (C=O) groups excluding carboxylic acids is 2. The zero-order valence-corrected chi connectivity index (χ0v) is 13.9. The number of hydrogen-bond donors (Lipinski definition) is 1. The van der Waals surface area contributed by atoms with E-state index in [4.69, 9.17) is 0 Å². The molecular weight excluding hydrogens is 290 g/mol. The molecule has 0 bridgehead atoms. The van der Waals surface area contributed by atoms with Crippen LogP contribution in [0.2, 0.25) is 0 Å². The number of aromatic nitrogens is 1. The van der Waals surface area contributed by atoms with Crippen LogP contribution >= 0.6 is 0 Å². The minimum absolute atomic E-state index is 0.0116. The second-order valence-electron chi connectivity index (χ2n) is 7.18. The number of likely N-dealkylation sites (tertiary alicyclic amines) is 1. The van der Waals surface area contributed by atoms with Gasteiger partial charge in [0.05, 0.1) is 18.2 Å². The molecule has 1 N–H and O–H groups in total. The van der Waals surface area contributed by atoms with Gasteiger partial charge in [-0.05, 0) is 25.0 Å². The van der Waals surface area contributed by atoms with E-state index in [1.165, 1.54) is 0 Å². The molecule has 0 aromatic carbocycles. The van der Waals surface area contributed by atoms with E-state index in [9.17, 15) is 9.59 Å². The molecule has 1 saturated heterocycles. The van der Waals surface area contributed by atoms with Gasteiger partial charge in [0.25, 0.3) is 0 Å². The maximum absolute atomic E-state index is 12.7. The fourth-order valence-corrected chi connectivity index (χ4v) is 3.80. The Labute approximate surface area is 137 Å². The van der Waals surface area contributed by atoms with E-state index in [0.29, 0.717) is 13.1 Å². The molecule has 2 fully saturated rings. The van der Waals surface area contributed by atoms with Crippen LogP contribution < -0.4 is 5.32 Å². The number of pyridine rings is 1. The van der Waals surface area contributed by atoms with Crippen LogP contribution in [-0.2, 0) is 16.1 Å². The first-order valence-corrected chi connectivity index (χ1v) is 8.48. The van der Waals surface area contributed by atoms with E-state index >= 15 is 0 Å². The number of amides is 2. The molecule has 2 aliphatic rings. The summed E-state index contributed by atoms with van der Waals surface area (Å²) in [6.07, 6.45) is 4.99. The lowest BCUT2D eigenvalue weighted by Gasteiger charge is -2.42. The van der Waals surface area contributed by atoms with Crippen LogP contribution in [0, 0.1) is 17.3 Å². The Kier molecular flexibility index (Phi) is 4.37. The summed E-state index contributed by atoms with van der Waals surface area (Å²) >= 11 is 0. The molecule has 1 saturated carbocycles. The predicted molar refractivity (Wildman–Crippen MR) is 87.3 cm³/mol. The molecule has 0 radical (unpaired) electrons. The lowest BCUT2D eigenvalue weighted by Crippen LogP contribution is -2.45. The Morgan fingerprint density at radius 2 is 2.17 bits per heavy atom. The minimum atomic E-state index is -0.0809. The Morgan fingerprint density at radius 3 is 2.74 bits per heavy atom. The summed E-state index contributed by atoms with van der Waals surface area (Å²) in [6.45, 7) is 5.59. The third kappa shape index (κ3) is 3.09. The first-order valence-electron chi connectivity index (χ1n) is 8.48. The van der Waals surface area contributed by atoms with Gasteiger partial charge in [-0.25, -0.2) is 0 Å². The molecule has 2 amide bonds. The molecule has 1 aliphatic heterocycles. The van der Waals surface area contributed by atoms with E-state index in [2.05, 4.69) is 10.3 Å². The number of rotatable bonds is 4. The van der Waals surface area contributed by atoms with Crippen LogP contribution in [0.15, 0.2) is 24.4 Å². The van der Waals surface area contributed by atoms with Gasteiger partial charge in [-0.1, -0.05) is 26.3 Å². The molecule has 1 aromatic heterocycles. The molecule has 1 aliphatic carbocycles. The number of nitrogens with one attached hydrogen (secondary N) is 1. The molecule has 23 heavy (non-hydrogen) atoms. The molecule has 2 heterocycles. The molecule has 5 nitrogen and oxygen atoms in total. The van der Waals surface area contributed by atoms with Crippen molar-refractivity contribution in [3.63, 3.8) is 0 Å². The summed E-state index contributed by atoms with van der Waals surface area (Å²) in [5, 5.41) is 3.01. The summed E-state index contributed by atoms with van der Waals surface area (Å²) in [5.41, 5.74) is 0.871. The second kappa shape index (κ2) is 6.30. The first-order chi connectivity index (χ1) is 11.0. The smallest absolute Gasteiger partial charge is 0.225 e. The third-order valence-electron chi connectivity index (χ3n) is 5.29. The zero-order valence-electron chi connectivity index (χ0n) is 13.9.